The minimum absolute atomic E-state index is 0.714. The molecule has 3 rings (SSSR count). The van der Waals surface area contributed by atoms with Gasteiger partial charge in [0.05, 0.1) is 16.3 Å². The molecule has 0 fully saturated rings. The van der Waals surface area contributed by atoms with Crippen molar-refractivity contribution in [2.75, 3.05) is 0 Å². The average Bonchev–Trinajstić information content (AvgIpc) is 2.74. The molecule has 0 radical (unpaired) electrons. The molecule has 1 aromatic carbocycles. The van der Waals surface area contributed by atoms with Crippen LogP contribution in [0.25, 0.3) is 16.9 Å². The molecule has 0 aliphatic carbocycles. The first-order valence-corrected chi connectivity index (χ1v) is 6.31. The SMILES string of the molecule is Clc1cccc(-c2ncc3cccc(Br)n23)c1. The average molecular weight is 308 g/mol. The molecule has 0 amide bonds. The van der Waals surface area contributed by atoms with E-state index < -0.39 is 0 Å². The smallest absolute Gasteiger partial charge is 0.145 e. The zero-order valence-corrected chi connectivity index (χ0v) is 11.1. The Labute approximate surface area is 112 Å². The van der Waals surface area contributed by atoms with E-state index in [-0.39, 0.29) is 0 Å². The first-order valence-electron chi connectivity index (χ1n) is 5.13. The molecule has 4 heteroatoms. The van der Waals surface area contributed by atoms with Gasteiger partial charge in [0.2, 0.25) is 0 Å². The van der Waals surface area contributed by atoms with Crippen LogP contribution in [0, 0.1) is 0 Å². The summed E-state index contributed by atoms with van der Waals surface area (Å²) in [7, 11) is 0. The lowest BCUT2D eigenvalue weighted by atomic mass is 10.2. The maximum Gasteiger partial charge on any atom is 0.145 e. The van der Waals surface area contributed by atoms with Crippen molar-refractivity contribution in [1.29, 1.82) is 0 Å². The fourth-order valence-electron chi connectivity index (χ4n) is 1.84. The predicted molar refractivity (Wildman–Crippen MR) is 73.3 cm³/mol. The van der Waals surface area contributed by atoms with Gasteiger partial charge in [-0.3, -0.25) is 4.40 Å². The Morgan fingerprint density at radius 3 is 2.76 bits per heavy atom. The van der Waals surface area contributed by atoms with Gasteiger partial charge >= 0.3 is 0 Å². The van der Waals surface area contributed by atoms with Crippen molar-refractivity contribution in [2.45, 2.75) is 0 Å². The quantitative estimate of drug-likeness (QED) is 0.608. The summed E-state index contributed by atoms with van der Waals surface area (Å²) in [5.74, 6) is 0.884. The molecule has 0 saturated heterocycles. The van der Waals surface area contributed by atoms with Gasteiger partial charge in [0.15, 0.2) is 0 Å². The highest BCUT2D eigenvalue weighted by Gasteiger charge is 2.08. The molecule has 17 heavy (non-hydrogen) atoms. The Bertz CT molecular complexity index is 691. The molecular formula is C13H8BrClN2. The fraction of sp³-hybridized carbons (Fsp3) is 0. The maximum atomic E-state index is 6.00. The van der Waals surface area contributed by atoms with E-state index in [4.69, 9.17) is 11.6 Å². The van der Waals surface area contributed by atoms with E-state index in [9.17, 15) is 0 Å². The van der Waals surface area contributed by atoms with E-state index in [2.05, 4.69) is 20.9 Å². The summed E-state index contributed by atoms with van der Waals surface area (Å²) in [6.45, 7) is 0. The number of halogens is 2. The third-order valence-corrected chi connectivity index (χ3v) is 3.44. The molecule has 0 bridgehead atoms. The van der Waals surface area contributed by atoms with Crippen molar-refractivity contribution in [3.05, 3.63) is 58.3 Å². The van der Waals surface area contributed by atoms with Crippen molar-refractivity contribution in [1.82, 2.24) is 9.38 Å². The predicted octanol–water partition coefficient (Wildman–Crippen LogP) is 4.42. The topological polar surface area (TPSA) is 17.3 Å². The second-order valence-electron chi connectivity index (χ2n) is 3.70. The van der Waals surface area contributed by atoms with E-state index in [1.165, 1.54) is 0 Å². The zero-order valence-electron chi connectivity index (χ0n) is 8.77. The minimum Gasteiger partial charge on any atom is -0.287 e. The zero-order chi connectivity index (χ0) is 11.8. The number of rotatable bonds is 1. The lowest BCUT2D eigenvalue weighted by molar-refractivity contribution is 1.13. The number of hydrogen-bond donors (Lipinski definition) is 0. The fourth-order valence-corrected chi connectivity index (χ4v) is 2.55. The van der Waals surface area contributed by atoms with Crippen molar-refractivity contribution in [3.63, 3.8) is 0 Å². The number of benzene rings is 1. The molecule has 2 aromatic heterocycles. The van der Waals surface area contributed by atoms with E-state index >= 15 is 0 Å². The van der Waals surface area contributed by atoms with Gasteiger partial charge in [0, 0.05) is 10.6 Å². The van der Waals surface area contributed by atoms with Crippen LogP contribution < -0.4 is 0 Å². The van der Waals surface area contributed by atoms with Gasteiger partial charge < -0.3 is 0 Å². The first kappa shape index (κ1) is 10.8. The number of pyridine rings is 1. The number of aromatic nitrogens is 2. The number of nitrogens with zero attached hydrogens (tertiary/aromatic N) is 2. The van der Waals surface area contributed by atoms with Gasteiger partial charge in [-0.2, -0.15) is 0 Å². The highest BCUT2D eigenvalue weighted by molar-refractivity contribution is 9.10. The highest BCUT2D eigenvalue weighted by atomic mass is 79.9. The number of imidazole rings is 1. The van der Waals surface area contributed by atoms with Crippen LogP contribution in [0.15, 0.2) is 53.3 Å². The lowest BCUT2D eigenvalue weighted by Gasteiger charge is -2.04. The lowest BCUT2D eigenvalue weighted by Crippen LogP contribution is -1.90. The van der Waals surface area contributed by atoms with Crippen LogP contribution in [0.5, 0.6) is 0 Å². The molecule has 0 saturated carbocycles. The molecule has 3 aromatic rings. The number of fused-ring (bicyclic) bond motifs is 1. The molecule has 0 atom stereocenters. The summed E-state index contributed by atoms with van der Waals surface area (Å²) in [5, 5.41) is 0.714. The Kier molecular flexibility index (Phi) is 2.65. The largest absolute Gasteiger partial charge is 0.287 e. The molecule has 2 nitrogen and oxygen atoms in total. The van der Waals surface area contributed by atoms with Crippen LogP contribution in [0.3, 0.4) is 0 Å². The van der Waals surface area contributed by atoms with Gasteiger partial charge in [0.1, 0.15) is 5.82 Å². The molecule has 0 aliphatic rings. The first-order chi connectivity index (χ1) is 8.25. The molecule has 0 spiro atoms. The minimum atomic E-state index is 0.714. The van der Waals surface area contributed by atoms with Crippen molar-refractivity contribution >= 4 is 33.0 Å². The van der Waals surface area contributed by atoms with E-state index in [0.717, 1.165) is 21.5 Å². The van der Waals surface area contributed by atoms with Gasteiger partial charge in [-0.25, -0.2) is 4.98 Å². The van der Waals surface area contributed by atoms with Crippen molar-refractivity contribution in [2.24, 2.45) is 0 Å². The summed E-state index contributed by atoms with van der Waals surface area (Å²) in [4.78, 5) is 4.44. The Balaban J connectivity index is 2.31. The van der Waals surface area contributed by atoms with Crippen molar-refractivity contribution in [3.8, 4) is 11.4 Å². The van der Waals surface area contributed by atoms with E-state index in [1.54, 1.807) is 0 Å². The Hall–Kier alpha value is -1.32. The molecule has 0 N–H and O–H groups in total. The normalized spacial score (nSPS) is 10.9. The van der Waals surface area contributed by atoms with Crippen LogP contribution in [-0.4, -0.2) is 9.38 Å². The highest BCUT2D eigenvalue weighted by Crippen LogP contribution is 2.25. The summed E-state index contributed by atoms with van der Waals surface area (Å²) < 4.78 is 3.02. The molecule has 2 heterocycles. The molecular weight excluding hydrogens is 300 g/mol. The molecule has 0 unspecified atom stereocenters. The summed E-state index contributed by atoms with van der Waals surface area (Å²) in [5.41, 5.74) is 2.05. The maximum absolute atomic E-state index is 6.00. The second-order valence-corrected chi connectivity index (χ2v) is 4.95. The monoisotopic (exact) mass is 306 g/mol. The standard InChI is InChI=1S/C13H8BrClN2/c14-12-6-2-5-11-8-16-13(17(11)12)9-3-1-4-10(15)7-9/h1-8H. The van der Waals surface area contributed by atoms with Gasteiger partial charge in [-0.15, -0.1) is 0 Å². The third-order valence-electron chi connectivity index (χ3n) is 2.59. The Morgan fingerprint density at radius 1 is 1.12 bits per heavy atom. The summed E-state index contributed by atoms with van der Waals surface area (Å²) in [6, 6.07) is 13.7. The van der Waals surface area contributed by atoms with Crippen LogP contribution in [0.1, 0.15) is 0 Å². The number of hydrogen-bond acceptors (Lipinski definition) is 1. The van der Waals surface area contributed by atoms with Gasteiger partial charge in [-0.05, 0) is 40.2 Å². The summed E-state index contributed by atoms with van der Waals surface area (Å²) in [6.07, 6.45) is 1.85. The second kappa shape index (κ2) is 4.17. The van der Waals surface area contributed by atoms with Gasteiger partial charge in [-0.1, -0.05) is 29.8 Å². The van der Waals surface area contributed by atoms with Crippen LogP contribution in [0.4, 0.5) is 0 Å². The summed E-state index contributed by atoms with van der Waals surface area (Å²) >= 11 is 9.54. The third kappa shape index (κ3) is 1.85. The molecule has 0 aliphatic heterocycles. The van der Waals surface area contributed by atoms with Crippen molar-refractivity contribution < 1.29 is 0 Å². The van der Waals surface area contributed by atoms with Crippen LogP contribution in [0.2, 0.25) is 5.02 Å². The Morgan fingerprint density at radius 2 is 1.94 bits per heavy atom. The van der Waals surface area contributed by atoms with E-state index in [1.807, 2.05) is 53.1 Å². The van der Waals surface area contributed by atoms with Crippen LogP contribution in [-0.2, 0) is 0 Å². The van der Waals surface area contributed by atoms with Gasteiger partial charge in [0.25, 0.3) is 0 Å². The van der Waals surface area contributed by atoms with E-state index in [0.29, 0.717) is 5.02 Å². The van der Waals surface area contributed by atoms with Crippen LogP contribution >= 0.6 is 27.5 Å². The molecule has 84 valence electrons.